The van der Waals surface area contributed by atoms with Crippen LogP contribution in [0.15, 0.2) is 0 Å². The third kappa shape index (κ3) is 1.49. The molecule has 2 aliphatic rings. The first-order valence-electron chi connectivity index (χ1n) is 6.29. The molecule has 0 spiro atoms. The van der Waals surface area contributed by atoms with Gasteiger partial charge in [0.05, 0.1) is 11.3 Å². The summed E-state index contributed by atoms with van der Waals surface area (Å²) >= 11 is 0. The van der Waals surface area contributed by atoms with Crippen molar-refractivity contribution in [2.75, 3.05) is 0 Å². The Labute approximate surface area is 101 Å². The van der Waals surface area contributed by atoms with Crippen LogP contribution in [0.25, 0.3) is 0 Å². The Kier molecular flexibility index (Phi) is 2.71. The van der Waals surface area contributed by atoms with Crippen LogP contribution in [0.5, 0.6) is 0 Å². The summed E-state index contributed by atoms with van der Waals surface area (Å²) < 4.78 is 0. The van der Waals surface area contributed by atoms with Gasteiger partial charge in [0.2, 0.25) is 0 Å². The van der Waals surface area contributed by atoms with Gasteiger partial charge in [0.1, 0.15) is 0 Å². The van der Waals surface area contributed by atoms with Gasteiger partial charge >= 0.3 is 11.9 Å². The standard InChI is InChI=1S/C13H20O4/c1-12(2)9-4-3-6-13(12,11(16)17)7-5-8(9)10(14)15/h8-9H,3-7H2,1-2H3,(H,14,15)(H,16,17)/t8?,9-,13+/m1/s1. The topological polar surface area (TPSA) is 74.6 Å². The summed E-state index contributed by atoms with van der Waals surface area (Å²) in [5, 5.41) is 18.8. The molecule has 2 fully saturated rings. The number of carboxylic acid groups (broad SMARTS) is 2. The number of fused-ring (bicyclic) bond motifs is 2. The molecule has 2 rings (SSSR count). The van der Waals surface area contributed by atoms with Gasteiger partial charge in [-0.1, -0.05) is 20.3 Å². The molecule has 3 atom stereocenters. The van der Waals surface area contributed by atoms with Gasteiger partial charge in [-0.3, -0.25) is 9.59 Å². The van der Waals surface area contributed by atoms with E-state index in [2.05, 4.69) is 0 Å². The maximum atomic E-state index is 11.6. The van der Waals surface area contributed by atoms with Crippen LogP contribution in [0.2, 0.25) is 0 Å². The summed E-state index contributed by atoms with van der Waals surface area (Å²) in [4.78, 5) is 22.9. The molecule has 2 bridgehead atoms. The lowest BCUT2D eigenvalue weighted by Gasteiger charge is -2.57. The number of carboxylic acids is 2. The van der Waals surface area contributed by atoms with Crippen molar-refractivity contribution in [3.05, 3.63) is 0 Å². The van der Waals surface area contributed by atoms with E-state index in [4.69, 9.17) is 0 Å². The average molecular weight is 240 g/mol. The van der Waals surface area contributed by atoms with Crippen LogP contribution in [0.3, 0.4) is 0 Å². The minimum absolute atomic E-state index is 0.00130. The zero-order valence-corrected chi connectivity index (χ0v) is 10.4. The lowest BCUT2D eigenvalue weighted by molar-refractivity contribution is -0.184. The van der Waals surface area contributed by atoms with E-state index in [-0.39, 0.29) is 11.8 Å². The number of aliphatic carboxylic acids is 2. The van der Waals surface area contributed by atoms with Gasteiger partial charge in [-0.25, -0.2) is 0 Å². The monoisotopic (exact) mass is 240 g/mol. The first-order chi connectivity index (χ1) is 7.83. The van der Waals surface area contributed by atoms with Crippen LogP contribution >= 0.6 is 0 Å². The average Bonchev–Trinajstić information content (AvgIpc) is 2.14. The van der Waals surface area contributed by atoms with Gasteiger partial charge in [0.25, 0.3) is 0 Å². The highest BCUT2D eigenvalue weighted by molar-refractivity contribution is 5.78. The second-order valence-corrected chi connectivity index (χ2v) is 6.09. The minimum Gasteiger partial charge on any atom is -0.481 e. The fourth-order valence-corrected chi connectivity index (χ4v) is 4.20. The summed E-state index contributed by atoms with van der Waals surface area (Å²) in [5.74, 6) is -1.86. The van der Waals surface area contributed by atoms with E-state index in [0.717, 1.165) is 12.8 Å². The van der Waals surface area contributed by atoms with Gasteiger partial charge in [-0.2, -0.15) is 0 Å². The molecule has 4 nitrogen and oxygen atoms in total. The van der Waals surface area contributed by atoms with Crippen LogP contribution in [-0.2, 0) is 9.59 Å². The Morgan fingerprint density at radius 3 is 2.29 bits per heavy atom. The van der Waals surface area contributed by atoms with E-state index in [1.165, 1.54) is 0 Å². The van der Waals surface area contributed by atoms with Crippen molar-refractivity contribution in [2.45, 2.75) is 46.0 Å². The number of hydrogen-bond acceptors (Lipinski definition) is 2. The van der Waals surface area contributed by atoms with Crippen molar-refractivity contribution < 1.29 is 19.8 Å². The first kappa shape index (κ1) is 12.4. The Morgan fingerprint density at radius 1 is 1.12 bits per heavy atom. The van der Waals surface area contributed by atoms with E-state index < -0.39 is 22.8 Å². The fourth-order valence-electron chi connectivity index (χ4n) is 4.20. The zero-order chi connectivity index (χ0) is 12.8. The molecule has 2 saturated carbocycles. The van der Waals surface area contributed by atoms with Crippen molar-refractivity contribution in [3.8, 4) is 0 Å². The van der Waals surface area contributed by atoms with E-state index in [9.17, 15) is 19.8 Å². The quantitative estimate of drug-likeness (QED) is 0.777. The smallest absolute Gasteiger partial charge is 0.310 e. The van der Waals surface area contributed by atoms with E-state index in [0.29, 0.717) is 19.3 Å². The summed E-state index contributed by atoms with van der Waals surface area (Å²) in [6, 6.07) is 0. The summed E-state index contributed by atoms with van der Waals surface area (Å²) in [6.07, 6.45) is 3.39. The molecule has 1 unspecified atom stereocenters. The van der Waals surface area contributed by atoms with Crippen molar-refractivity contribution >= 4 is 11.9 Å². The Hall–Kier alpha value is -1.06. The molecule has 17 heavy (non-hydrogen) atoms. The van der Waals surface area contributed by atoms with Gasteiger partial charge in [0, 0.05) is 0 Å². The second kappa shape index (κ2) is 3.72. The third-order valence-corrected chi connectivity index (χ3v) is 5.37. The van der Waals surface area contributed by atoms with Crippen LogP contribution < -0.4 is 0 Å². The molecule has 4 heteroatoms. The third-order valence-electron chi connectivity index (χ3n) is 5.37. The summed E-state index contributed by atoms with van der Waals surface area (Å²) in [6.45, 7) is 3.89. The highest BCUT2D eigenvalue weighted by atomic mass is 16.4. The lowest BCUT2D eigenvalue weighted by Crippen LogP contribution is -2.57. The largest absolute Gasteiger partial charge is 0.481 e. The molecule has 0 radical (unpaired) electrons. The predicted octanol–water partition coefficient (Wildman–Crippen LogP) is 2.38. The van der Waals surface area contributed by atoms with E-state index in [1.54, 1.807) is 0 Å². The molecule has 0 aromatic heterocycles. The maximum absolute atomic E-state index is 11.6. The first-order valence-corrected chi connectivity index (χ1v) is 6.29. The van der Waals surface area contributed by atoms with Crippen LogP contribution in [0, 0.1) is 22.7 Å². The summed E-state index contributed by atoms with van der Waals surface area (Å²) in [5.41, 5.74) is -1.12. The zero-order valence-electron chi connectivity index (χ0n) is 10.4. The molecule has 2 aliphatic carbocycles. The molecule has 0 aromatic rings. The Balaban J connectivity index is 2.42. The molecule has 0 heterocycles. The summed E-state index contributed by atoms with van der Waals surface area (Å²) in [7, 11) is 0. The molecule has 0 amide bonds. The number of rotatable bonds is 2. The van der Waals surface area contributed by atoms with Crippen LogP contribution in [0.1, 0.15) is 46.0 Å². The molecule has 0 saturated heterocycles. The SMILES string of the molecule is CC1(C)[C@@H]2CCC[C@@]1(C(=O)O)CCC2C(=O)O. The molecular formula is C13H20O4. The lowest BCUT2D eigenvalue weighted by atomic mass is 9.45. The van der Waals surface area contributed by atoms with Crippen LogP contribution in [0.4, 0.5) is 0 Å². The predicted molar refractivity (Wildman–Crippen MR) is 61.6 cm³/mol. The minimum atomic E-state index is -0.760. The van der Waals surface area contributed by atoms with Gasteiger partial charge in [-0.15, -0.1) is 0 Å². The van der Waals surface area contributed by atoms with Gasteiger partial charge in [0.15, 0.2) is 0 Å². The van der Waals surface area contributed by atoms with Crippen molar-refractivity contribution in [3.63, 3.8) is 0 Å². The highest BCUT2D eigenvalue weighted by Gasteiger charge is 2.61. The Morgan fingerprint density at radius 2 is 1.76 bits per heavy atom. The molecule has 96 valence electrons. The maximum Gasteiger partial charge on any atom is 0.310 e. The van der Waals surface area contributed by atoms with Crippen molar-refractivity contribution in [1.82, 2.24) is 0 Å². The number of hydrogen-bond donors (Lipinski definition) is 2. The number of carbonyl (C=O) groups is 2. The van der Waals surface area contributed by atoms with E-state index in [1.807, 2.05) is 13.8 Å². The second-order valence-electron chi connectivity index (χ2n) is 6.09. The Bertz CT molecular complexity index is 360. The van der Waals surface area contributed by atoms with Crippen molar-refractivity contribution in [2.24, 2.45) is 22.7 Å². The highest BCUT2D eigenvalue weighted by Crippen LogP contribution is 2.62. The normalized spacial score (nSPS) is 39.6. The fraction of sp³-hybridized carbons (Fsp3) is 0.846. The molecular weight excluding hydrogens is 220 g/mol. The molecule has 0 aromatic carbocycles. The molecule has 0 aliphatic heterocycles. The van der Waals surface area contributed by atoms with Gasteiger partial charge < -0.3 is 10.2 Å². The van der Waals surface area contributed by atoms with Crippen LogP contribution in [-0.4, -0.2) is 22.2 Å². The van der Waals surface area contributed by atoms with E-state index >= 15 is 0 Å². The van der Waals surface area contributed by atoms with Crippen molar-refractivity contribution in [1.29, 1.82) is 0 Å². The van der Waals surface area contributed by atoms with Gasteiger partial charge in [-0.05, 0) is 37.0 Å². The molecule has 2 N–H and O–H groups in total.